The van der Waals surface area contributed by atoms with Crippen molar-refractivity contribution in [3.05, 3.63) is 66.0 Å². The zero-order valence-corrected chi connectivity index (χ0v) is 10.4. The molecule has 1 aromatic heterocycles. The van der Waals surface area contributed by atoms with Gasteiger partial charge in [0.15, 0.2) is 0 Å². The molecule has 19 heavy (non-hydrogen) atoms. The Kier molecular flexibility index (Phi) is 4.23. The zero-order chi connectivity index (χ0) is 13.5. The molecule has 0 aliphatic heterocycles. The van der Waals surface area contributed by atoms with Crippen LogP contribution < -0.4 is 5.43 Å². The lowest BCUT2D eigenvalue weighted by molar-refractivity contribution is 0.171. The van der Waals surface area contributed by atoms with Gasteiger partial charge in [0.1, 0.15) is 0 Å². The fourth-order valence-electron chi connectivity index (χ4n) is 1.55. The standard InChI is InChI=1S/C14H13N3O2/c1-19-14(18)17-16-13(11-5-3-2-4-6-11)12-7-9-15-10-8-12/h2-10H,1H3,(H,17,18)/b16-13+. The second kappa shape index (κ2) is 6.30. The van der Waals surface area contributed by atoms with Gasteiger partial charge in [0.2, 0.25) is 0 Å². The van der Waals surface area contributed by atoms with E-state index in [1.807, 2.05) is 42.5 Å². The van der Waals surface area contributed by atoms with Gasteiger partial charge in [-0.15, -0.1) is 0 Å². The van der Waals surface area contributed by atoms with Crippen molar-refractivity contribution in [2.24, 2.45) is 5.10 Å². The average molecular weight is 255 g/mol. The Morgan fingerprint density at radius 2 is 1.74 bits per heavy atom. The average Bonchev–Trinajstić information content (AvgIpc) is 2.49. The second-order valence-corrected chi connectivity index (χ2v) is 3.67. The summed E-state index contributed by atoms with van der Waals surface area (Å²) in [5.74, 6) is 0. The van der Waals surface area contributed by atoms with Crippen LogP contribution in [0.1, 0.15) is 11.1 Å². The molecule has 0 aliphatic rings. The van der Waals surface area contributed by atoms with Crippen LogP contribution in [0.3, 0.4) is 0 Å². The molecule has 5 nitrogen and oxygen atoms in total. The normalized spacial score (nSPS) is 10.9. The highest BCUT2D eigenvalue weighted by Gasteiger charge is 2.07. The quantitative estimate of drug-likeness (QED) is 0.675. The Balaban J connectivity index is 2.37. The van der Waals surface area contributed by atoms with E-state index in [4.69, 9.17) is 0 Å². The Bertz CT molecular complexity index is 526. The number of hydrogen-bond donors (Lipinski definition) is 1. The molecule has 1 heterocycles. The Hall–Kier alpha value is -2.69. The molecule has 0 unspecified atom stereocenters. The highest BCUT2D eigenvalue weighted by atomic mass is 16.5. The number of carbonyl (C=O) groups is 1. The molecule has 1 N–H and O–H groups in total. The lowest BCUT2D eigenvalue weighted by Crippen LogP contribution is -2.20. The maximum atomic E-state index is 11.1. The molecule has 96 valence electrons. The third-order valence-corrected chi connectivity index (χ3v) is 2.45. The summed E-state index contributed by atoms with van der Waals surface area (Å²) in [5.41, 5.74) is 4.73. The third-order valence-electron chi connectivity index (χ3n) is 2.45. The van der Waals surface area contributed by atoms with Crippen molar-refractivity contribution in [3.8, 4) is 0 Å². The van der Waals surface area contributed by atoms with Crippen LogP contribution in [-0.2, 0) is 4.74 Å². The SMILES string of the molecule is COC(=O)N/N=C(\c1ccccc1)c1ccncc1. The monoisotopic (exact) mass is 255 g/mol. The number of pyridine rings is 1. The van der Waals surface area contributed by atoms with E-state index in [-0.39, 0.29) is 0 Å². The number of amides is 1. The molecule has 1 aromatic carbocycles. The van der Waals surface area contributed by atoms with Gasteiger partial charge in [-0.05, 0) is 12.1 Å². The van der Waals surface area contributed by atoms with E-state index >= 15 is 0 Å². The largest absolute Gasteiger partial charge is 0.452 e. The van der Waals surface area contributed by atoms with Crippen LogP contribution in [0.5, 0.6) is 0 Å². The number of nitrogens with one attached hydrogen (secondary N) is 1. The topological polar surface area (TPSA) is 63.6 Å². The maximum absolute atomic E-state index is 11.1. The number of hydrazone groups is 1. The van der Waals surface area contributed by atoms with E-state index < -0.39 is 6.09 Å². The molecule has 0 radical (unpaired) electrons. The van der Waals surface area contributed by atoms with Gasteiger partial charge < -0.3 is 4.74 Å². The first-order chi connectivity index (χ1) is 9.31. The van der Waals surface area contributed by atoms with Gasteiger partial charge >= 0.3 is 6.09 Å². The van der Waals surface area contributed by atoms with Crippen molar-refractivity contribution in [2.45, 2.75) is 0 Å². The number of carbonyl (C=O) groups excluding carboxylic acids is 1. The molecule has 2 aromatic rings. The smallest absolute Gasteiger partial charge is 0.427 e. The molecule has 2 rings (SSSR count). The minimum absolute atomic E-state index is 0.609. The minimum Gasteiger partial charge on any atom is -0.452 e. The summed E-state index contributed by atoms with van der Waals surface area (Å²) >= 11 is 0. The molecular formula is C14H13N3O2. The lowest BCUT2D eigenvalue weighted by atomic mass is 10.0. The minimum atomic E-state index is -0.609. The van der Waals surface area contributed by atoms with Gasteiger partial charge in [-0.25, -0.2) is 10.2 Å². The second-order valence-electron chi connectivity index (χ2n) is 3.67. The van der Waals surface area contributed by atoms with Crippen molar-refractivity contribution in [2.75, 3.05) is 7.11 Å². The summed E-state index contributed by atoms with van der Waals surface area (Å²) in [7, 11) is 1.29. The van der Waals surface area contributed by atoms with Crippen molar-refractivity contribution >= 4 is 11.8 Å². The summed E-state index contributed by atoms with van der Waals surface area (Å²) in [4.78, 5) is 15.1. The van der Waals surface area contributed by atoms with E-state index in [1.54, 1.807) is 12.4 Å². The van der Waals surface area contributed by atoms with Gasteiger partial charge in [0, 0.05) is 23.5 Å². The van der Waals surface area contributed by atoms with E-state index in [1.165, 1.54) is 7.11 Å². The van der Waals surface area contributed by atoms with Crippen LogP contribution in [0.25, 0.3) is 0 Å². The van der Waals surface area contributed by atoms with Crippen LogP contribution in [0, 0.1) is 0 Å². The van der Waals surface area contributed by atoms with E-state index in [0.717, 1.165) is 11.1 Å². The molecule has 0 saturated carbocycles. The van der Waals surface area contributed by atoms with Gasteiger partial charge in [-0.3, -0.25) is 4.98 Å². The number of ether oxygens (including phenoxy) is 1. The van der Waals surface area contributed by atoms with Crippen LogP contribution in [0.15, 0.2) is 60.0 Å². The number of methoxy groups -OCH3 is 1. The summed E-state index contributed by atoms with van der Waals surface area (Å²) in [6.45, 7) is 0. The fraction of sp³-hybridized carbons (Fsp3) is 0.0714. The molecule has 1 amide bonds. The summed E-state index contributed by atoms with van der Waals surface area (Å²) in [5, 5.41) is 4.10. The molecule has 0 aliphatic carbocycles. The zero-order valence-electron chi connectivity index (χ0n) is 10.4. The molecule has 5 heteroatoms. The predicted molar refractivity (Wildman–Crippen MR) is 71.9 cm³/mol. The van der Waals surface area contributed by atoms with Gasteiger partial charge in [-0.2, -0.15) is 5.10 Å². The number of rotatable bonds is 3. The molecule has 0 fully saturated rings. The Morgan fingerprint density at radius 1 is 1.11 bits per heavy atom. The van der Waals surface area contributed by atoms with Gasteiger partial charge in [0.05, 0.1) is 12.8 Å². The van der Waals surface area contributed by atoms with E-state index in [9.17, 15) is 4.79 Å². The van der Waals surface area contributed by atoms with Crippen molar-refractivity contribution < 1.29 is 9.53 Å². The molecule has 0 atom stereocenters. The highest BCUT2D eigenvalue weighted by Crippen LogP contribution is 2.09. The Morgan fingerprint density at radius 3 is 2.37 bits per heavy atom. The summed E-state index contributed by atoms with van der Waals surface area (Å²) in [6.07, 6.45) is 2.74. The summed E-state index contributed by atoms with van der Waals surface area (Å²) in [6, 6.07) is 13.2. The van der Waals surface area contributed by atoms with E-state index in [2.05, 4.69) is 20.2 Å². The van der Waals surface area contributed by atoms with Crippen molar-refractivity contribution in [1.82, 2.24) is 10.4 Å². The maximum Gasteiger partial charge on any atom is 0.427 e. The predicted octanol–water partition coefficient (Wildman–Crippen LogP) is 2.19. The van der Waals surface area contributed by atoms with Crippen LogP contribution in [0.4, 0.5) is 4.79 Å². The third kappa shape index (κ3) is 3.38. The van der Waals surface area contributed by atoms with Crippen molar-refractivity contribution in [3.63, 3.8) is 0 Å². The first-order valence-corrected chi connectivity index (χ1v) is 5.68. The number of aromatic nitrogens is 1. The number of nitrogens with zero attached hydrogens (tertiary/aromatic N) is 2. The molecule has 0 saturated heterocycles. The van der Waals surface area contributed by atoms with Crippen LogP contribution in [0.2, 0.25) is 0 Å². The molecule has 0 spiro atoms. The van der Waals surface area contributed by atoms with E-state index in [0.29, 0.717) is 5.71 Å². The summed E-state index contributed by atoms with van der Waals surface area (Å²) < 4.78 is 4.50. The number of benzene rings is 1. The highest BCUT2D eigenvalue weighted by molar-refractivity contribution is 6.12. The van der Waals surface area contributed by atoms with Crippen LogP contribution >= 0.6 is 0 Å². The fourth-order valence-corrected chi connectivity index (χ4v) is 1.55. The first-order valence-electron chi connectivity index (χ1n) is 5.68. The Labute approximate surface area is 110 Å². The van der Waals surface area contributed by atoms with Gasteiger partial charge in [-0.1, -0.05) is 30.3 Å². The van der Waals surface area contributed by atoms with Crippen molar-refractivity contribution in [1.29, 1.82) is 0 Å². The molecular weight excluding hydrogens is 242 g/mol. The lowest BCUT2D eigenvalue weighted by Gasteiger charge is -2.07. The first kappa shape index (κ1) is 12.8. The van der Waals surface area contributed by atoms with Crippen LogP contribution in [-0.4, -0.2) is 23.9 Å². The molecule has 0 bridgehead atoms. The van der Waals surface area contributed by atoms with Gasteiger partial charge in [0.25, 0.3) is 0 Å². The number of hydrogen-bond acceptors (Lipinski definition) is 4.